The number of aromatic nitrogens is 3. The number of nitrogens with zero attached hydrogens (tertiary/aromatic N) is 3. The summed E-state index contributed by atoms with van der Waals surface area (Å²) in [5.41, 5.74) is 13.6. The molecule has 51 heavy (non-hydrogen) atoms. The molecule has 240 valence electrons. The summed E-state index contributed by atoms with van der Waals surface area (Å²) < 4.78 is 0. The number of pyridine rings is 1. The van der Waals surface area contributed by atoms with Crippen LogP contribution in [0.2, 0.25) is 0 Å². The molecule has 0 saturated heterocycles. The molecule has 0 fully saturated rings. The Morgan fingerprint density at radius 3 is 1.86 bits per heavy atom. The first-order valence-electron chi connectivity index (χ1n) is 17.5. The number of hydrogen-bond acceptors (Lipinski definition) is 3. The zero-order valence-corrected chi connectivity index (χ0v) is 28.4. The molecule has 7 aromatic carbocycles. The molecule has 0 bridgehead atoms. The van der Waals surface area contributed by atoms with E-state index in [4.69, 9.17) is 9.97 Å². The first-order valence-corrected chi connectivity index (χ1v) is 17.5. The zero-order valence-electron chi connectivity index (χ0n) is 28.4. The number of benzene rings is 7. The summed E-state index contributed by atoms with van der Waals surface area (Å²) in [6.07, 6.45) is 1.84. The Morgan fingerprint density at radius 1 is 0.412 bits per heavy atom. The number of hydrogen-bond donors (Lipinski definition) is 0. The Balaban J connectivity index is 1.16. The van der Waals surface area contributed by atoms with E-state index in [1.165, 1.54) is 49.5 Å². The molecule has 10 rings (SSSR count). The Hall–Kier alpha value is -6.45. The second-order valence-corrected chi connectivity index (χ2v) is 14.0. The van der Waals surface area contributed by atoms with Crippen molar-refractivity contribution in [3.63, 3.8) is 0 Å². The summed E-state index contributed by atoms with van der Waals surface area (Å²) in [6, 6.07) is 56.5. The largest absolute Gasteiger partial charge is 0.256 e. The lowest BCUT2D eigenvalue weighted by Crippen LogP contribution is -2.14. The maximum atomic E-state index is 5.22. The van der Waals surface area contributed by atoms with E-state index in [1.807, 2.05) is 36.5 Å². The summed E-state index contributed by atoms with van der Waals surface area (Å²) in [5.74, 6) is 0.699. The minimum Gasteiger partial charge on any atom is -0.256 e. The molecule has 0 amide bonds. The monoisotopic (exact) mass is 651 g/mol. The van der Waals surface area contributed by atoms with E-state index < -0.39 is 0 Å². The van der Waals surface area contributed by atoms with E-state index in [9.17, 15) is 0 Å². The SMILES string of the molecule is CC1(C)c2ccc(-c3ccc(-c4cc(-c5cccc6ncccc56)nc(-c5ccccc5)n4)c4ccccc34)cc2-c2cc3ccccc3cc21. The van der Waals surface area contributed by atoms with Gasteiger partial charge in [0.25, 0.3) is 0 Å². The van der Waals surface area contributed by atoms with Crippen LogP contribution in [-0.4, -0.2) is 15.0 Å². The van der Waals surface area contributed by atoms with Crippen LogP contribution in [0.5, 0.6) is 0 Å². The predicted molar refractivity (Wildman–Crippen MR) is 212 cm³/mol. The van der Waals surface area contributed by atoms with Gasteiger partial charge in [0, 0.05) is 33.7 Å². The molecule has 0 spiro atoms. The van der Waals surface area contributed by atoms with E-state index in [0.29, 0.717) is 5.82 Å². The van der Waals surface area contributed by atoms with Crippen LogP contribution in [0.4, 0.5) is 0 Å². The van der Waals surface area contributed by atoms with Gasteiger partial charge in [-0.15, -0.1) is 0 Å². The van der Waals surface area contributed by atoms with Gasteiger partial charge in [-0.2, -0.15) is 0 Å². The Kier molecular flexibility index (Phi) is 6.53. The first kappa shape index (κ1) is 29.5. The van der Waals surface area contributed by atoms with Crippen molar-refractivity contribution in [1.29, 1.82) is 0 Å². The molecule has 0 aliphatic heterocycles. The van der Waals surface area contributed by atoms with Crippen LogP contribution in [0, 0.1) is 0 Å². The van der Waals surface area contributed by atoms with Crippen molar-refractivity contribution < 1.29 is 0 Å². The van der Waals surface area contributed by atoms with Gasteiger partial charge < -0.3 is 0 Å². The van der Waals surface area contributed by atoms with Gasteiger partial charge in [-0.1, -0.05) is 135 Å². The van der Waals surface area contributed by atoms with Gasteiger partial charge in [0.05, 0.1) is 16.9 Å². The topological polar surface area (TPSA) is 38.7 Å². The highest BCUT2D eigenvalue weighted by Gasteiger charge is 2.36. The lowest BCUT2D eigenvalue weighted by molar-refractivity contribution is 0.661. The fourth-order valence-electron chi connectivity index (χ4n) is 8.15. The van der Waals surface area contributed by atoms with Gasteiger partial charge in [-0.25, -0.2) is 9.97 Å². The molecule has 9 aromatic rings. The van der Waals surface area contributed by atoms with Crippen LogP contribution >= 0.6 is 0 Å². The number of rotatable bonds is 4. The van der Waals surface area contributed by atoms with Gasteiger partial charge in [0.1, 0.15) is 0 Å². The standard InChI is InChI=1S/C48H33N3/c1-48(2)42-24-21-33(27-40(42)41-26-31-14-6-7-15-32(31)28-43(41)48)34-22-23-39(36-17-9-8-16-35(34)36)46-29-45(50-47(51-46)30-12-4-3-5-13-30)38-18-10-20-44-37(38)19-11-25-49-44/h3-29H,1-2H3. The summed E-state index contributed by atoms with van der Waals surface area (Å²) in [7, 11) is 0. The second kappa shape index (κ2) is 11.3. The van der Waals surface area contributed by atoms with Crippen LogP contribution in [-0.2, 0) is 5.41 Å². The van der Waals surface area contributed by atoms with E-state index >= 15 is 0 Å². The van der Waals surface area contributed by atoms with Crippen LogP contribution in [0.1, 0.15) is 25.0 Å². The molecule has 0 N–H and O–H groups in total. The van der Waals surface area contributed by atoms with Gasteiger partial charge >= 0.3 is 0 Å². The number of fused-ring (bicyclic) bond motifs is 6. The van der Waals surface area contributed by atoms with E-state index in [2.05, 4.69) is 146 Å². The van der Waals surface area contributed by atoms with Crippen LogP contribution in [0.3, 0.4) is 0 Å². The van der Waals surface area contributed by atoms with Gasteiger partial charge in [0.2, 0.25) is 0 Å². The summed E-state index contributed by atoms with van der Waals surface area (Å²) >= 11 is 0. The molecular weight excluding hydrogens is 619 g/mol. The minimum atomic E-state index is -0.0690. The fourth-order valence-corrected chi connectivity index (χ4v) is 8.15. The third-order valence-corrected chi connectivity index (χ3v) is 10.7. The molecule has 0 saturated carbocycles. The highest BCUT2D eigenvalue weighted by Crippen LogP contribution is 2.51. The molecule has 1 aliphatic carbocycles. The molecule has 0 atom stereocenters. The van der Waals surface area contributed by atoms with Crippen molar-refractivity contribution in [1.82, 2.24) is 15.0 Å². The second-order valence-electron chi connectivity index (χ2n) is 14.0. The van der Waals surface area contributed by atoms with E-state index in [1.54, 1.807) is 0 Å². The first-order chi connectivity index (χ1) is 25.0. The molecule has 2 aromatic heterocycles. The molecular formula is C48H33N3. The highest BCUT2D eigenvalue weighted by atomic mass is 14.9. The van der Waals surface area contributed by atoms with E-state index in [-0.39, 0.29) is 5.41 Å². The summed E-state index contributed by atoms with van der Waals surface area (Å²) in [6.45, 7) is 4.70. The molecule has 1 aliphatic rings. The smallest absolute Gasteiger partial charge is 0.160 e. The third kappa shape index (κ3) is 4.69. The van der Waals surface area contributed by atoms with Gasteiger partial charge in [-0.05, 0) is 91.3 Å². The summed E-state index contributed by atoms with van der Waals surface area (Å²) in [4.78, 5) is 15.0. The lowest BCUT2D eigenvalue weighted by Gasteiger charge is -2.22. The average molecular weight is 652 g/mol. The molecule has 0 radical (unpaired) electrons. The maximum Gasteiger partial charge on any atom is 0.160 e. The Bertz CT molecular complexity index is 2830. The van der Waals surface area contributed by atoms with Crippen LogP contribution < -0.4 is 0 Å². The summed E-state index contributed by atoms with van der Waals surface area (Å²) in [5, 5.41) is 5.99. The van der Waals surface area contributed by atoms with Crippen molar-refractivity contribution >= 4 is 32.4 Å². The Labute approximate surface area is 297 Å². The third-order valence-electron chi connectivity index (χ3n) is 10.7. The van der Waals surface area contributed by atoms with Crippen molar-refractivity contribution in [3.05, 3.63) is 175 Å². The predicted octanol–water partition coefficient (Wildman–Crippen LogP) is 12.3. The molecule has 3 nitrogen and oxygen atoms in total. The van der Waals surface area contributed by atoms with Gasteiger partial charge in [-0.3, -0.25) is 4.98 Å². The average Bonchev–Trinajstić information content (AvgIpc) is 3.40. The van der Waals surface area contributed by atoms with Crippen molar-refractivity contribution in [3.8, 4) is 56.2 Å². The lowest BCUT2D eigenvalue weighted by atomic mass is 9.81. The highest BCUT2D eigenvalue weighted by molar-refractivity contribution is 6.06. The maximum absolute atomic E-state index is 5.22. The van der Waals surface area contributed by atoms with Crippen molar-refractivity contribution in [2.75, 3.05) is 0 Å². The molecule has 0 unspecified atom stereocenters. The van der Waals surface area contributed by atoms with E-state index in [0.717, 1.165) is 44.4 Å². The van der Waals surface area contributed by atoms with Gasteiger partial charge in [0.15, 0.2) is 5.82 Å². The van der Waals surface area contributed by atoms with Crippen molar-refractivity contribution in [2.24, 2.45) is 0 Å². The fraction of sp³-hybridized carbons (Fsp3) is 0.0625. The normalized spacial score (nSPS) is 13.1. The van der Waals surface area contributed by atoms with Crippen LogP contribution in [0.25, 0.3) is 88.6 Å². The molecule has 3 heteroatoms. The zero-order chi connectivity index (χ0) is 34.1. The van der Waals surface area contributed by atoms with Crippen LogP contribution in [0.15, 0.2) is 164 Å². The molecule has 2 heterocycles. The quantitative estimate of drug-likeness (QED) is 0.190. The van der Waals surface area contributed by atoms with Crippen molar-refractivity contribution in [2.45, 2.75) is 19.3 Å². The minimum absolute atomic E-state index is 0.0690. The Morgan fingerprint density at radius 2 is 1.06 bits per heavy atom.